The summed E-state index contributed by atoms with van der Waals surface area (Å²) in [6, 6.07) is 8.55. The number of nitrogens with zero attached hydrogens (tertiary/aromatic N) is 2. The van der Waals surface area contributed by atoms with Crippen molar-refractivity contribution in [2.75, 3.05) is 11.9 Å². The van der Waals surface area contributed by atoms with E-state index in [2.05, 4.69) is 17.2 Å². The Morgan fingerprint density at radius 1 is 1.33 bits per heavy atom. The van der Waals surface area contributed by atoms with E-state index in [-0.39, 0.29) is 10.6 Å². The summed E-state index contributed by atoms with van der Waals surface area (Å²) in [6.45, 7) is 3.20. The Labute approximate surface area is 123 Å². The lowest BCUT2D eigenvalue weighted by atomic mass is 9.67. The number of benzene rings is 1. The number of nitrogens with one attached hydrogen (secondary N) is 1. The molecule has 0 aliphatic heterocycles. The molecule has 1 aliphatic carbocycles. The fourth-order valence-electron chi connectivity index (χ4n) is 2.94. The van der Waals surface area contributed by atoms with Crippen molar-refractivity contribution in [1.82, 2.24) is 4.98 Å². The van der Waals surface area contributed by atoms with Gasteiger partial charge in [-0.15, -0.1) is 0 Å². The monoisotopic (exact) mass is 285 g/mol. The second kappa shape index (κ2) is 5.31. The molecule has 0 radical (unpaired) electrons. The van der Waals surface area contributed by atoms with Gasteiger partial charge in [0.25, 0.3) is 5.69 Å². The van der Waals surface area contributed by atoms with Crippen LogP contribution in [0, 0.1) is 15.5 Å². The molecule has 1 aromatic heterocycles. The van der Waals surface area contributed by atoms with E-state index in [1.807, 2.05) is 12.1 Å². The number of hydrogen-bond acceptors (Lipinski definition) is 4. The summed E-state index contributed by atoms with van der Waals surface area (Å²) in [4.78, 5) is 14.9. The molecule has 5 nitrogen and oxygen atoms in total. The first-order chi connectivity index (χ1) is 10.1. The number of nitro benzene ring substituents is 1. The highest BCUT2D eigenvalue weighted by Gasteiger charge is 2.34. The van der Waals surface area contributed by atoms with Crippen LogP contribution in [-0.2, 0) is 0 Å². The average Bonchev–Trinajstić information content (AvgIpc) is 2.46. The van der Waals surface area contributed by atoms with Crippen LogP contribution in [0.1, 0.15) is 32.6 Å². The van der Waals surface area contributed by atoms with Gasteiger partial charge in [-0.05, 0) is 42.9 Å². The predicted molar refractivity (Wildman–Crippen MR) is 83.5 cm³/mol. The summed E-state index contributed by atoms with van der Waals surface area (Å²) in [6.07, 6.45) is 5.09. The molecule has 1 N–H and O–H groups in total. The van der Waals surface area contributed by atoms with Gasteiger partial charge < -0.3 is 5.32 Å². The Balaban J connectivity index is 1.78. The van der Waals surface area contributed by atoms with Gasteiger partial charge in [-0.25, -0.2) is 4.98 Å². The van der Waals surface area contributed by atoms with Gasteiger partial charge in [0.1, 0.15) is 5.82 Å². The van der Waals surface area contributed by atoms with Gasteiger partial charge in [-0.1, -0.05) is 13.3 Å². The minimum absolute atomic E-state index is 0.101. The number of fused-ring (bicyclic) bond motifs is 1. The lowest BCUT2D eigenvalue weighted by Gasteiger charge is -2.41. The van der Waals surface area contributed by atoms with Crippen LogP contribution in [-0.4, -0.2) is 16.5 Å². The second-order valence-electron chi connectivity index (χ2n) is 5.89. The third kappa shape index (κ3) is 2.68. The van der Waals surface area contributed by atoms with Crippen molar-refractivity contribution in [2.45, 2.75) is 32.6 Å². The molecule has 0 saturated heterocycles. The van der Waals surface area contributed by atoms with E-state index < -0.39 is 0 Å². The zero-order valence-electron chi connectivity index (χ0n) is 12.1. The van der Waals surface area contributed by atoms with Gasteiger partial charge >= 0.3 is 0 Å². The normalized spacial score (nSPS) is 16.4. The van der Waals surface area contributed by atoms with Gasteiger partial charge in [0.15, 0.2) is 0 Å². The minimum atomic E-state index is -0.382. The van der Waals surface area contributed by atoms with Crippen LogP contribution in [0.5, 0.6) is 0 Å². The van der Waals surface area contributed by atoms with Crippen LogP contribution in [0.25, 0.3) is 10.9 Å². The van der Waals surface area contributed by atoms with Crippen molar-refractivity contribution < 1.29 is 4.92 Å². The maximum atomic E-state index is 10.8. The summed E-state index contributed by atoms with van der Waals surface area (Å²) >= 11 is 0. The molecule has 21 heavy (non-hydrogen) atoms. The lowest BCUT2D eigenvalue weighted by molar-refractivity contribution is -0.384. The highest BCUT2D eigenvalue weighted by Crippen LogP contribution is 2.43. The van der Waals surface area contributed by atoms with Gasteiger partial charge in [-0.3, -0.25) is 10.1 Å². The molecule has 0 unspecified atom stereocenters. The smallest absolute Gasteiger partial charge is 0.270 e. The Hall–Kier alpha value is -2.17. The molecule has 0 amide bonds. The first-order valence-electron chi connectivity index (χ1n) is 7.41. The molecule has 0 atom stereocenters. The van der Waals surface area contributed by atoms with Gasteiger partial charge in [0.2, 0.25) is 0 Å². The summed E-state index contributed by atoms with van der Waals surface area (Å²) < 4.78 is 0. The van der Waals surface area contributed by atoms with Crippen LogP contribution in [0.2, 0.25) is 0 Å². The van der Waals surface area contributed by atoms with E-state index in [0.29, 0.717) is 5.41 Å². The largest absolute Gasteiger partial charge is 0.369 e. The van der Waals surface area contributed by atoms with Gasteiger partial charge in [0, 0.05) is 24.1 Å². The van der Waals surface area contributed by atoms with Gasteiger partial charge in [-0.2, -0.15) is 0 Å². The predicted octanol–water partition coefficient (Wildman–Crippen LogP) is 4.14. The number of nitro groups is 1. The maximum absolute atomic E-state index is 10.8. The summed E-state index contributed by atoms with van der Waals surface area (Å²) in [5, 5.41) is 15.0. The molecule has 1 fully saturated rings. The topological polar surface area (TPSA) is 68.1 Å². The number of pyridine rings is 1. The number of non-ortho nitro benzene ring substituents is 1. The van der Waals surface area contributed by atoms with Crippen molar-refractivity contribution in [3.05, 3.63) is 40.4 Å². The third-order valence-corrected chi connectivity index (χ3v) is 4.69. The highest BCUT2D eigenvalue weighted by molar-refractivity contribution is 5.82. The van der Waals surface area contributed by atoms with E-state index in [1.165, 1.54) is 31.7 Å². The van der Waals surface area contributed by atoms with E-state index in [9.17, 15) is 10.1 Å². The molecule has 1 saturated carbocycles. The van der Waals surface area contributed by atoms with Crippen molar-refractivity contribution >= 4 is 22.4 Å². The fourth-order valence-corrected chi connectivity index (χ4v) is 2.94. The molecule has 3 rings (SSSR count). The van der Waals surface area contributed by atoms with Gasteiger partial charge in [0.05, 0.1) is 10.4 Å². The van der Waals surface area contributed by atoms with Crippen molar-refractivity contribution in [3.8, 4) is 0 Å². The van der Waals surface area contributed by atoms with E-state index in [4.69, 9.17) is 0 Å². The van der Waals surface area contributed by atoms with Crippen molar-refractivity contribution in [3.63, 3.8) is 0 Å². The van der Waals surface area contributed by atoms with Crippen molar-refractivity contribution in [1.29, 1.82) is 0 Å². The summed E-state index contributed by atoms with van der Waals surface area (Å²) in [7, 11) is 0. The highest BCUT2D eigenvalue weighted by atomic mass is 16.6. The van der Waals surface area contributed by atoms with Crippen LogP contribution >= 0.6 is 0 Å². The maximum Gasteiger partial charge on any atom is 0.270 e. The minimum Gasteiger partial charge on any atom is -0.369 e. The molecule has 0 bridgehead atoms. The molecular formula is C16H19N3O2. The average molecular weight is 285 g/mol. The zero-order chi connectivity index (χ0) is 14.9. The molecule has 110 valence electrons. The Bertz CT molecular complexity index is 675. The molecular weight excluding hydrogens is 266 g/mol. The van der Waals surface area contributed by atoms with Crippen LogP contribution in [0.15, 0.2) is 30.3 Å². The zero-order valence-corrected chi connectivity index (χ0v) is 12.1. The van der Waals surface area contributed by atoms with E-state index >= 15 is 0 Å². The summed E-state index contributed by atoms with van der Waals surface area (Å²) in [5.74, 6) is 0.844. The molecule has 2 aromatic rings. The molecule has 1 aromatic carbocycles. The number of hydrogen-bond donors (Lipinski definition) is 1. The van der Waals surface area contributed by atoms with E-state index in [0.717, 1.165) is 23.3 Å². The summed E-state index contributed by atoms with van der Waals surface area (Å²) in [5.41, 5.74) is 1.32. The first-order valence-corrected chi connectivity index (χ1v) is 7.41. The molecule has 0 spiro atoms. The van der Waals surface area contributed by atoms with E-state index in [1.54, 1.807) is 12.1 Å². The second-order valence-corrected chi connectivity index (χ2v) is 5.89. The lowest BCUT2D eigenvalue weighted by Crippen LogP contribution is -2.36. The number of anilines is 1. The fraction of sp³-hybridized carbons (Fsp3) is 0.438. The Morgan fingerprint density at radius 3 is 2.76 bits per heavy atom. The SMILES string of the molecule is CCC1(CNc2ccc3cc([N+](=O)[O-])ccc3n2)CCC1. The van der Waals surface area contributed by atoms with Crippen LogP contribution in [0.3, 0.4) is 0 Å². The van der Waals surface area contributed by atoms with Crippen LogP contribution < -0.4 is 5.32 Å². The van der Waals surface area contributed by atoms with Crippen molar-refractivity contribution in [2.24, 2.45) is 5.41 Å². The third-order valence-electron chi connectivity index (χ3n) is 4.69. The molecule has 1 aliphatic rings. The molecule has 1 heterocycles. The van der Waals surface area contributed by atoms with Crippen LogP contribution in [0.4, 0.5) is 11.5 Å². The first kappa shape index (κ1) is 13.8. The quantitative estimate of drug-likeness (QED) is 0.662. The number of aromatic nitrogens is 1. The Morgan fingerprint density at radius 2 is 2.14 bits per heavy atom. The standard InChI is InChI=1S/C16H19N3O2/c1-2-16(8-3-9-16)11-17-15-7-4-12-10-13(19(20)21)5-6-14(12)18-15/h4-7,10H,2-3,8-9,11H2,1H3,(H,17,18). The number of rotatable bonds is 5. The Kier molecular flexibility index (Phi) is 3.49. The molecule has 5 heteroatoms.